The lowest BCUT2D eigenvalue weighted by atomic mass is 9.99. The molecule has 0 aliphatic heterocycles. The topological polar surface area (TPSA) is 29.9 Å². The molecule has 3 nitrogen and oxygen atoms in total. The molecule has 0 bridgehead atoms. The third-order valence-corrected chi connectivity index (χ3v) is 3.35. The van der Waals surface area contributed by atoms with Crippen LogP contribution < -0.4 is 5.32 Å². The van der Waals surface area contributed by atoms with Gasteiger partial charge in [0.25, 0.3) is 0 Å². The van der Waals surface area contributed by atoms with E-state index in [2.05, 4.69) is 31.2 Å². The van der Waals surface area contributed by atoms with Gasteiger partial charge in [0.05, 0.1) is 5.69 Å². The van der Waals surface area contributed by atoms with E-state index in [9.17, 15) is 0 Å². The summed E-state index contributed by atoms with van der Waals surface area (Å²) in [6.45, 7) is 7.63. The molecule has 1 aliphatic rings. The number of hydrogen-bond acceptors (Lipinski definition) is 2. The number of rotatable bonds is 4. The first kappa shape index (κ1) is 10.7. The fourth-order valence-corrected chi connectivity index (χ4v) is 2.24. The lowest BCUT2D eigenvalue weighted by molar-refractivity contribution is 0.607. The van der Waals surface area contributed by atoms with E-state index in [0.717, 1.165) is 12.6 Å². The summed E-state index contributed by atoms with van der Waals surface area (Å²) in [6, 6.07) is 0.796. The maximum Gasteiger partial charge on any atom is 0.0631 e. The van der Waals surface area contributed by atoms with Gasteiger partial charge in [-0.3, -0.25) is 4.68 Å². The zero-order valence-electron chi connectivity index (χ0n) is 10.2. The van der Waals surface area contributed by atoms with Gasteiger partial charge in [-0.05, 0) is 38.2 Å². The Morgan fingerprint density at radius 2 is 2.13 bits per heavy atom. The molecule has 0 spiro atoms. The van der Waals surface area contributed by atoms with E-state index < -0.39 is 0 Å². The van der Waals surface area contributed by atoms with E-state index in [-0.39, 0.29) is 0 Å². The van der Waals surface area contributed by atoms with Crippen LogP contribution in [0.5, 0.6) is 0 Å². The fourth-order valence-electron chi connectivity index (χ4n) is 2.24. The summed E-state index contributed by atoms with van der Waals surface area (Å²) in [5, 5.41) is 8.04. The molecule has 0 radical (unpaired) electrons. The molecule has 1 fully saturated rings. The largest absolute Gasteiger partial charge is 0.313 e. The van der Waals surface area contributed by atoms with Gasteiger partial charge in [0.15, 0.2) is 0 Å². The summed E-state index contributed by atoms with van der Waals surface area (Å²) in [4.78, 5) is 0. The Labute approximate surface area is 91.9 Å². The van der Waals surface area contributed by atoms with Gasteiger partial charge in [0, 0.05) is 25.3 Å². The Hall–Kier alpha value is -0.830. The lowest BCUT2D eigenvalue weighted by Crippen LogP contribution is -2.22. The van der Waals surface area contributed by atoms with Crippen LogP contribution in [0.15, 0.2) is 0 Å². The highest BCUT2D eigenvalue weighted by Crippen LogP contribution is 2.24. The third kappa shape index (κ3) is 2.23. The van der Waals surface area contributed by atoms with Crippen LogP contribution in [0.4, 0.5) is 0 Å². The Bertz CT molecular complexity index is 350. The lowest BCUT2D eigenvalue weighted by Gasteiger charge is -2.13. The minimum atomic E-state index is 0.569. The average molecular weight is 207 g/mol. The standard InChI is InChI=1S/C12H21N3/c1-8(7-13-11-5-6-11)12-9(2)14-15(4)10(12)3/h8,11,13H,5-7H2,1-4H3. The number of aromatic nitrogens is 2. The van der Waals surface area contributed by atoms with Crippen LogP contribution in [0.2, 0.25) is 0 Å². The summed E-state index contributed by atoms with van der Waals surface area (Å²) in [5.41, 5.74) is 3.91. The SMILES string of the molecule is Cc1nn(C)c(C)c1C(C)CNC1CC1. The second kappa shape index (κ2) is 3.97. The molecule has 1 atom stereocenters. The maximum atomic E-state index is 4.46. The average Bonchev–Trinajstić information content (AvgIpc) is 2.94. The summed E-state index contributed by atoms with van der Waals surface area (Å²) in [7, 11) is 2.02. The van der Waals surface area contributed by atoms with Crippen molar-refractivity contribution in [1.82, 2.24) is 15.1 Å². The molecule has 3 heteroatoms. The third-order valence-electron chi connectivity index (χ3n) is 3.35. The van der Waals surface area contributed by atoms with Crippen molar-refractivity contribution >= 4 is 0 Å². The molecular formula is C12H21N3. The Balaban J connectivity index is 2.05. The van der Waals surface area contributed by atoms with Gasteiger partial charge in [-0.1, -0.05) is 6.92 Å². The molecule has 1 aromatic rings. The van der Waals surface area contributed by atoms with E-state index in [4.69, 9.17) is 0 Å². The summed E-state index contributed by atoms with van der Waals surface area (Å²) in [6.07, 6.45) is 2.72. The van der Waals surface area contributed by atoms with Crippen molar-refractivity contribution in [3.05, 3.63) is 17.0 Å². The molecule has 0 aromatic carbocycles. The van der Waals surface area contributed by atoms with Gasteiger partial charge in [0.2, 0.25) is 0 Å². The van der Waals surface area contributed by atoms with Crippen LogP contribution in [0.1, 0.15) is 42.6 Å². The van der Waals surface area contributed by atoms with Crippen molar-refractivity contribution in [2.45, 2.75) is 45.6 Å². The molecular weight excluding hydrogens is 186 g/mol. The summed E-state index contributed by atoms with van der Waals surface area (Å²) in [5.74, 6) is 0.569. The molecule has 0 saturated heterocycles. The van der Waals surface area contributed by atoms with Crippen molar-refractivity contribution in [1.29, 1.82) is 0 Å². The number of nitrogens with one attached hydrogen (secondary N) is 1. The van der Waals surface area contributed by atoms with Crippen LogP contribution in [0.25, 0.3) is 0 Å². The van der Waals surface area contributed by atoms with Crippen LogP contribution in [0.3, 0.4) is 0 Å². The van der Waals surface area contributed by atoms with Gasteiger partial charge in [-0.2, -0.15) is 5.10 Å². The first-order valence-electron chi connectivity index (χ1n) is 5.83. The van der Waals surface area contributed by atoms with E-state index in [0.29, 0.717) is 5.92 Å². The van der Waals surface area contributed by atoms with E-state index in [1.54, 1.807) is 0 Å². The van der Waals surface area contributed by atoms with E-state index >= 15 is 0 Å². The van der Waals surface area contributed by atoms with Gasteiger partial charge in [-0.25, -0.2) is 0 Å². The van der Waals surface area contributed by atoms with Gasteiger partial charge in [-0.15, -0.1) is 0 Å². The maximum absolute atomic E-state index is 4.46. The van der Waals surface area contributed by atoms with Crippen LogP contribution in [-0.4, -0.2) is 22.4 Å². The van der Waals surface area contributed by atoms with E-state index in [1.165, 1.54) is 29.8 Å². The smallest absolute Gasteiger partial charge is 0.0631 e. The molecule has 1 saturated carbocycles. The molecule has 15 heavy (non-hydrogen) atoms. The quantitative estimate of drug-likeness (QED) is 0.817. The van der Waals surface area contributed by atoms with Crippen molar-refractivity contribution in [3.8, 4) is 0 Å². The highest BCUT2D eigenvalue weighted by Gasteiger charge is 2.22. The monoisotopic (exact) mass is 207 g/mol. The first-order chi connectivity index (χ1) is 7.09. The van der Waals surface area contributed by atoms with Crippen molar-refractivity contribution in [2.75, 3.05) is 6.54 Å². The molecule has 1 heterocycles. The van der Waals surface area contributed by atoms with E-state index in [1.807, 2.05) is 11.7 Å². The minimum absolute atomic E-state index is 0.569. The second-order valence-electron chi connectivity index (χ2n) is 4.79. The second-order valence-corrected chi connectivity index (χ2v) is 4.79. The van der Waals surface area contributed by atoms with Crippen LogP contribution in [-0.2, 0) is 7.05 Å². The number of aryl methyl sites for hydroxylation is 2. The van der Waals surface area contributed by atoms with Crippen LogP contribution in [0, 0.1) is 13.8 Å². The number of nitrogens with zero attached hydrogens (tertiary/aromatic N) is 2. The molecule has 1 aromatic heterocycles. The molecule has 2 rings (SSSR count). The predicted octanol–water partition coefficient (Wildman–Crippen LogP) is 1.89. The first-order valence-corrected chi connectivity index (χ1v) is 5.83. The summed E-state index contributed by atoms with van der Waals surface area (Å²) >= 11 is 0. The molecule has 1 N–H and O–H groups in total. The van der Waals surface area contributed by atoms with Crippen LogP contribution >= 0.6 is 0 Å². The van der Waals surface area contributed by atoms with Gasteiger partial charge in [0.1, 0.15) is 0 Å². The number of hydrogen-bond donors (Lipinski definition) is 1. The Kier molecular flexibility index (Phi) is 2.83. The van der Waals surface area contributed by atoms with Crippen molar-refractivity contribution in [2.24, 2.45) is 7.05 Å². The highest BCUT2D eigenvalue weighted by atomic mass is 15.3. The van der Waals surface area contributed by atoms with Gasteiger partial charge < -0.3 is 5.32 Å². The molecule has 1 unspecified atom stereocenters. The molecule has 0 amide bonds. The Morgan fingerprint density at radius 3 is 2.60 bits per heavy atom. The fraction of sp³-hybridized carbons (Fsp3) is 0.750. The summed E-state index contributed by atoms with van der Waals surface area (Å²) < 4.78 is 1.98. The zero-order valence-corrected chi connectivity index (χ0v) is 10.2. The highest BCUT2D eigenvalue weighted by molar-refractivity contribution is 5.28. The van der Waals surface area contributed by atoms with Gasteiger partial charge >= 0.3 is 0 Å². The Morgan fingerprint density at radius 1 is 1.47 bits per heavy atom. The normalized spacial score (nSPS) is 18.1. The minimum Gasteiger partial charge on any atom is -0.313 e. The molecule has 1 aliphatic carbocycles. The zero-order chi connectivity index (χ0) is 11.0. The molecule has 84 valence electrons. The predicted molar refractivity (Wildman–Crippen MR) is 62.1 cm³/mol. The van der Waals surface area contributed by atoms with Crippen molar-refractivity contribution in [3.63, 3.8) is 0 Å². The van der Waals surface area contributed by atoms with Crippen molar-refractivity contribution < 1.29 is 0 Å².